The van der Waals surface area contributed by atoms with Crippen molar-refractivity contribution in [3.05, 3.63) is 17.8 Å². The van der Waals surface area contributed by atoms with Gasteiger partial charge >= 0.3 is 0 Å². The third kappa shape index (κ3) is 3.16. The quantitative estimate of drug-likeness (QED) is 0.862. The lowest BCUT2D eigenvalue weighted by atomic mass is 10.1. The zero-order chi connectivity index (χ0) is 13.2. The van der Waals surface area contributed by atoms with Gasteiger partial charge in [-0.1, -0.05) is 0 Å². The highest BCUT2D eigenvalue weighted by Gasteiger charge is 2.13. The molecule has 0 aromatic carbocycles. The standard InChI is InChI=1S/C12H19N5O/c1-8-9(7-14-15-8)11-17-16-10(18-11)5-6-13-12(2,3)4/h7,13H,5-6H2,1-4H3,(H,14,15). The minimum Gasteiger partial charge on any atom is -0.421 e. The molecule has 0 atom stereocenters. The number of hydrogen-bond donors (Lipinski definition) is 2. The summed E-state index contributed by atoms with van der Waals surface area (Å²) < 4.78 is 5.60. The predicted molar refractivity (Wildman–Crippen MR) is 68.1 cm³/mol. The van der Waals surface area contributed by atoms with Crippen LogP contribution in [0.25, 0.3) is 11.5 Å². The van der Waals surface area contributed by atoms with E-state index in [9.17, 15) is 0 Å². The van der Waals surface area contributed by atoms with E-state index in [0.29, 0.717) is 11.8 Å². The van der Waals surface area contributed by atoms with Crippen LogP contribution < -0.4 is 5.32 Å². The monoisotopic (exact) mass is 249 g/mol. The van der Waals surface area contributed by atoms with Gasteiger partial charge in [0.15, 0.2) is 0 Å². The number of aryl methyl sites for hydroxylation is 1. The molecule has 2 aromatic heterocycles. The van der Waals surface area contributed by atoms with E-state index in [1.54, 1.807) is 6.20 Å². The molecule has 2 N–H and O–H groups in total. The fourth-order valence-electron chi connectivity index (χ4n) is 1.57. The van der Waals surface area contributed by atoms with Crippen molar-refractivity contribution in [2.75, 3.05) is 6.54 Å². The fourth-order valence-corrected chi connectivity index (χ4v) is 1.57. The molecule has 0 radical (unpaired) electrons. The Bertz CT molecular complexity index is 509. The first-order valence-electron chi connectivity index (χ1n) is 6.03. The number of aromatic amines is 1. The highest BCUT2D eigenvalue weighted by Crippen LogP contribution is 2.19. The number of nitrogens with zero attached hydrogens (tertiary/aromatic N) is 3. The highest BCUT2D eigenvalue weighted by atomic mass is 16.4. The summed E-state index contributed by atoms with van der Waals surface area (Å²) in [6.45, 7) is 9.12. The summed E-state index contributed by atoms with van der Waals surface area (Å²) in [5, 5.41) is 18.2. The van der Waals surface area contributed by atoms with Gasteiger partial charge in [0.1, 0.15) is 0 Å². The molecule has 0 unspecified atom stereocenters. The summed E-state index contributed by atoms with van der Waals surface area (Å²) in [7, 11) is 0. The highest BCUT2D eigenvalue weighted by molar-refractivity contribution is 5.53. The van der Waals surface area contributed by atoms with Crippen LogP contribution in [0.4, 0.5) is 0 Å². The maximum Gasteiger partial charge on any atom is 0.251 e. The molecule has 0 aliphatic rings. The van der Waals surface area contributed by atoms with E-state index < -0.39 is 0 Å². The number of hydrogen-bond acceptors (Lipinski definition) is 5. The minimum absolute atomic E-state index is 0.101. The zero-order valence-corrected chi connectivity index (χ0v) is 11.2. The fraction of sp³-hybridized carbons (Fsp3) is 0.583. The van der Waals surface area contributed by atoms with Crippen molar-refractivity contribution < 1.29 is 4.42 Å². The number of nitrogens with one attached hydrogen (secondary N) is 2. The van der Waals surface area contributed by atoms with Gasteiger partial charge in [0.2, 0.25) is 5.89 Å². The lowest BCUT2D eigenvalue weighted by molar-refractivity contribution is 0.412. The van der Waals surface area contributed by atoms with Gasteiger partial charge in [-0.25, -0.2) is 0 Å². The van der Waals surface area contributed by atoms with Gasteiger partial charge in [0, 0.05) is 24.2 Å². The van der Waals surface area contributed by atoms with Crippen molar-refractivity contribution in [3.8, 4) is 11.5 Å². The summed E-state index contributed by atoms with van der Waals surface area (Å²) in [5.41, 5.74) is 1.89. The first kappa shape index (κ1) is 12.8. The SMILES string of the molecule is Cc1[nH]ncc1-c1nnc(CCNC(C)(C)C)o1. The van der Waals surface area contributed by atoms with Gasteiger partial charge in [0.25, 0.3) is 5.89 Å². The topological polar surface area (TPSA) is 79.6 Å². The van der Waals surface area contributed by atoms with Crippen molar-refractivity contribution in [2.45, 2.75) is 39.7 Å². The first-order valence-corrected chi connectivity index (χ1v) is 6.03. The van der Waals surface area contributed by atoms with E-state index in [1.807, 2.05) is 6.92 Å². The lowest BCUT2D eigenvalue weighted by Crippen LogP contribution is -2.37. The van der Waals surface area contributed by atoms with Gasteiger partial charge < -0.3 is 9.73 Å². The summed E-state index contributed by atoms with van der Waals surface area (Å²) in [5.74, 6) is 1.16. The molecule has 2 aromatic rings. The molecule has 0 saturated carbocycles. The van der Waals surface area contributed by atoms with Gasteiger partial charge in [0.05, 0.1) is 11.8 Å². The summed E-state index contributed by atoms with van der Waals surface area (Å²) in [6, 6.07) is 0. The first-order chi connectivity index (χ1) is 8.46. The molecular weight excluding hydrogens is 230 g/mol. The smallest absolute Gasteiger partial charge is 0.251 e. The Morgan fingerprint density at radius 2 is 2.11 bits per heavy atom. The number of H-pyrrole nitrogens is 1. The third-order valence-electron chi connectivity index (χ3n) is 2.52. The molecule has 2 heterocycles. The van der Waals surface area contributed by atoms with Crippen LogP contribution in [0.2, 0.25) is 0 Å². The molecule has 6 heteroatoms. The molecule has 0 aliphatic carbocycles. The van der Waals surface area contributed by atoms with Crippen LogP contribution in [0.5, 0.6) is 0 Å². The molecule has 0 saturated heterocycles. The van der Waals surface area contributed by atoms with Gasteiger partial charge in [-0.3, -0.25) is 5.10 Å². The molecule has 0 bridgehead atoms. The molecule has 0 spiro atoms. The molecule has 0 aliphatic heterocycles. The van der Waals surface area contributed by atoms with Crippen molar-refractivity contribution in [1.82, 2.24) is 25.7 Å². The molecular formula is C12H19N5O. The van der Waals surface area contributed by atoms with Crippen LogP contribution in [0.3, 0.4) is 0 Å². The summed E-state index contributed by atoms with van der Waals surface area (Å²) in [4.78, 5) is 0. The molecule has 18 heavy (non-hydrogen) atoms. The molecule has 0 amide bonds. The van der Waals surface area contributed by atoms with E-state index in [2.05, 4.69) is 46.5 Å². The Labute approximate surface area is 106 Å². The van der Waals surface area contributed by atoms with Crippen LogP contribution in [-0.4, -0.2) is 32.5 Å². The maximum absolute atomic E-state index is 5.60. The Morgan fingerprint density at radius 3 is 2.72 bits per heavy atom. The van der Waals surface area contributed by atoms with Crippen LogP contribution in [0.1, 0.15) is 32.4 Å². The van der Waals surface area contributed by atoms with Crippen LogP contribution in [0.15, 0.2) is 10.6 Å². The Hall–Kier alpha value is -1.69. The van der Waals surface area contributed by atoms with E-state index >= 15 is 0 Å². The van der Waals surface area contributed by atoms with E-state index in [-0.39, 0.29) is 5.54 Å². The van der Waals surface area contributed by atoms with Gasteiger partial charge in [-0.2, -0.15) is 5.10 Å². The van der Waals surface area contributed by atoms with Gasteiger partial charge in [-0.15, -0.1) is 10.2 Å². The minimum atomic E-state index is 0.101. The number of aromatic nitrogens is 4. The van der Waals surface area contributed by atoms with Crippen LogP contribution in [-0.2, 0) is 6.42 Å². The van der Waals surface area contributed by atoms with Crippen molar-refractivity contribution in [1.29, 1.82) is 0 Å². The third-order valence-corrected chi connectivity index (χ3v) is 2.52. The molecule has 2 rings (SSSR count). The normalized spacial score (nSPS) is 12.0. The van der Waals surface area contributed by atoms with Gasteiger partial charge in [-0.05, 0) is 27.7 Å². The second-order valence-corrected chi connectivity index (χ2v) is 5.34. The van der Waals surface area contributed by atoms with Crippen molar-refractivity contribution in [3.63, 3.8) is 0 Å². The van der Waals surface area contributed by atoms with E-state index in [1.165, 1.54) is 0 Å². The summed E-state index contributed by atoms with van der Waals surface area (Å²) >= 11 is 0. The summed E-state index contributed by atoms with van der Waals surface area (Å²) in [6.07, 6.45) is 2.42. The average Bonchev–Trinajstić information content (AvgIpc) is 2.84. The number of rotatable bonds is 4. The molecule has 98 valence electrons. The largest absolute Gasteiger partial charge is 0.421 e. The van der Waals surface area contributed by atoms with E-state index in [0.717, 1.165) is 24.2 Å². The van der Waals surface area contributed by atoms with Crippen LogP contribution in [0, 0.1) is 6.92 Å². The molecule has 0 fully saturated rings. The van der Waals surface area contributed by atoms with Crippen molar-refractivity contribution >= 4 is 0 Å². The Morgan fingerprint density at radius 1 is 1.33 bits per heavy atom. The van der Waals surface area contributed by atoms with Crippen LogP contribution >= 0.6 is 0 Å². The second kappa shape index (κ2) is 4.89. The van der Waals surface area contributed by atoms with Crippen molar-refractivity contribution in [2.24, 2.45) is 0 Å². The maximum atomic E-state index is 5.60. The second-order valence-electron chi connectivity index (χ2n) is 5.34. The van der Waals surface area contributed by atoms with E-state index in [4.69, 9.17) is 4.42 Å². The predicted octanol–water partition coefficient (Wildman–Crippen LogP) is 1.70. The zero-order valence-electron chi connectivity index (χ0n) is 11.2. The average molecular weight is 249 g/mol. The lowest BCUT2D eigenvalue weighted by Gasteiger charge is -2.19. The Kier molecular flexibility index (Phi) is 3.47. The molecule has 6 nitrogen and oxygen atoms in total. The Balaban J connectivity index is 1.97.